The molecule has 0 amide bonds. The summed E-state index contributed by atoms with van der Waals surface area (Å²) in [5.41, 5.74) is 0.192. The highest BCUT2D eigenvalue weighted by Crippen LogP contribution is 2.47. The second-order valence-electron chi connectivity index (χ2n) is 21.3. The van der Waals surface area contributed by atoms with Crippen molar-refractivity contribution in [3.8, 4) is 0 Å². The summed E-state index contributed by atoms with van der Waals surface area (Å²) >= 11 is 0. The average Bonchev–Trinajstić information content (AvgIpc) is 3.69. The van der Waals surface area contributed by atoms with Gasteiger partial charge in [0.15, 0.2) is 17.2 Å². The molecule has 0 aromatic heterocycles. The van der Waals surface area contributed by atoms with E-state index in [1.54, 1.807) is 19.1 Å². The van der Waals surface area contributed by atoms with Crippen LogP contribution in [0.3, 0.4) is 0 Å². The lowest BCUT2D eigenvalue weighted by atomic mass is 9.79. The molecule has 0 aliphatic carbocycles. The molecular formula is C52H80O15. The van der Waals surface area contributed by atoms with Crippen LogP contribution in [0, 0.1) is 17.8 Å². The van der Waals surface area contributed by atoms with E-state index < -0.39 is 84.4 Å². The van der Waals surface area contributed by atoms with E-state index in [1.165, 1.54) is 13.0 Å². The summed E-state index contributed by atoms with van der Waals surface area (Å²) in [5.74, 6) is -3.41. The van der Waals surface area contributed by atoms with Crippen molar-refractivity contribution in [1.82, 2.24) is 0 Å². The summed E-state index contributed by atoms with van der Waals surface area (Å²) in [4.78, 5) is 13.0. The maximum atomic E-state index is 13.0. The predicted molar refractivity (Wildman–Crippen MR) is 247 cm³/mol. The van der Waals surface area contributed by atoms with Crippen LogP contribution in [0.15, 0.2) is 59.8 Å². The van der Waals surface area contributed by atoms with Gasteiger partial charge in [0.2, 0.25) is 5.79 Å². The van der Waals surface area contributed by atoms with E-state index in [-0.39, 0.29) is 43.2 Å². The molecule has 0 aromatic rings. The van der Waals surface area contributed by atoms with Crippen LogP contribution in [0.1, 0.15) is 131 Å². The molecular weight excluding hydrogens is 865 g/mol. The van der Waals surface area contributed by atoms with Gasteiger partial charge in [0.1, 0.15) is 31.0 Å². The fourth-order valence-electron chi connectivity index (χ4n) is 11.3. The summed E-state index contributed by atoms with van der Waals surface area (Å²) in [6, 6.07) is 0. The number of hydrogen-bond acceptors (Lipinski definition) is 15. The van der Waals surface area contributed by atoms with E-state index in [2.05, 4.69) is 26.5 Å². The molecule has 7 heterocycles. The Kier molecular flexibility index (Phi) is 17.2. The Labute approximate surface area is 397 Å². The molecule has 7 rings (SSSR count). The minimum absolute atomic E-state index is 0.0403. The third-order valence-electron chi connectivity index (χ3n) is 15.3. The molecule has 15 heteroatoms. The molecule has 6 N–H and O–H groups in total. The van der Waals surface area contributed by atoms with Crippen molar-refractivity contribution in [2.45, 2.75) is 222 Å². The molecule has 0 saturated carbocycles. The summed E-state index contributed by atoms with van der Waals surface area (Å²) in [6.07, 6.45) is 12.8. The predicted octanol–water partition coefficient (Wildman–Crippen LogP) is 5.53. The van der Waals surface area contributed by atoms with Crippen LogP contribution in [0.25, 0.3) is 0 Å². The Morgan fingerprint density at radius 3 is 2.49 bits per heavy atom. The van der Waals surface area contributed by atoms with E-state index in [4.69, 9.17) is 43.0 Å². The van der Waals surface area contributed by atoms with Crippen molar-refractivity contribution in [2.24, 2.45) is 17.8 Å². The van der Waals surface area contributed by atoms with Gasteiger partial charge < -0.3 is 68.5 Å². The van der Waals surface area contributed by atoms with Gasteiger partial charge in [-0.1, -0.05) is 63.3 Å². The van der Waals surface area contributed by atoms with Gasteiger partial charge in [-0.3, -0.25) is 0 Å². The van der Waals surface area contributed by atoms with Crippen LogP contribution < -0.4 is 0 Å². The third kappa shape index (κ3) is 12.4. The Hall–Kier alpha value is -2.35. The van der Waals surface area contributed by atoms with Crippen LogP contribution in [-0.2, 0) is 42.7 Å². The van der Waals surface area contributed by atoms with Gasteiger partial charge in [0.25, 0.3) is 0 Å². The minimum atomic E-state index is -1.88. The van der Waals surface area contributed by atoms with Crippen molar-refractivity contribution < 1.29 is 73.3 Å². The maximum absolute atomic E-state index is 13.0. The standard InChI is InChI=1S/C52H80O15/c1-31(11-10-12-37(54)29-53)30-60-48(58)49(7,59)28-39-15-16-43(56)52(64-39)27-32(2)25-42(65-52)33(3)13-14-38-18-22-51(63-38)23-19-41-47(67-51)44(57)36(6)46(62-41)40(55)26-35(5)45-34(4)17-21-50(66-45)20-8-9-24-61-50/h10-14,27,33-35,37-47,53-57,59H,6,8-9,15-26,28-30H2,1-5,7H3. The number of fused-ring (bicyclic) bond motifs is 1. The number of aliphatic hydroxyl groups excluding tert-OH is 5. The zero-order valence-corrected chi connectivity index (χ0v) is 40.6. The largest absolute Gasteiger partial charge is 0.459 e. The number of esters is 1. The lowest BCUT2D eigenvalue weighted by Crippen LogP contribution is -2.60. The fourth-order valence-corrected chi connectivity index (χ4v) is 11.3. The summed E-state index contributed by atoms with van der Waals surface area (Å²) in [5, 5.41) is 64.2. The summed E-state index contributed by atoms with van der Waals surface area (Å²) < 4.78 is 51.1. The molecule has 0 bridgehead atoms. The molecule has 7 aliphatic heterocycles. The number of carbonyl (C=O) groups is 1. The minimum Gasteiger partial charge on any atom is -0.459 e. The Morgan fingerprint density at radius 1 is 0.985 bits per heavy atom. The second-order valence-corrected chi connectivity index (χ2v) is 21.3. The first-order valence-corrected chi connectivity index (χ1v) is 25.1. The third-order valence-corrected chi connectivity index (χ3v) is 15.3. The summed E-state index contributed by atoms with van der Waals surface area (Å²) in [6.45, 7) is 15.9. The molecule has 15 nitrogen and oxygen atoms in total. The normalized spacial score (nSPS) is 41.3. The molecule has 18 unspecified atom stereocenters. The molecule has 6 saturated heterocycles. The highest BCUT2D eigenvalue weighted by molar-refractivity contribution is 5.78. The number of rotatable bonds is 15. The van der Waals surface area contributed by atoms with Crippen molar-refractivity contribution in [2.75, 3.05) is 19.8 Å². The fraction of sp³-hybridized carbons (Fsp3) is 0.788. The van der Waals surface area contributed by atoms with Crippen molar-refractivity contribution in [1.29, 1.82) is 0 Å². The molecule has 6 fully saturated rings. The van der Waals surface area contributed by atoms with Crippen molar-refractivity contribution >= 4 is 5.97 Å². The first-order valence-electron chi connectivity index (χ1n) is 25.1. The van der Waals surface area contributed by atoms with Gasteiger partial charge in [-0.2, -0.15) is 0 Å². The van der Waals surface area contributed by atoms with Crippen LogP contribution >= 0.6 is 0 Å². The van der Waals surface area contributed by atoms with E-state index >= 15 is 0 Å². The first kappa shape index (κ1) is 52.5. The van der Waals surface area contributed by atoms with E-state index in [9.17, 15) is 30.3 Å². The van der Waals surface area contributed by atoms with Gasteiger partial charge in [-0.05, 0) is 108 Å². The lowest BCUT2D eigenvalue weighted by molar-refractivity contribution is -0.321. The van der Waals surface area contributed by atoms with Crippen LogP contribution in [-0.4, -0.2) is 147 Å². The maximum Gasteiger partial charge on any atom is 0.338 e. The average molecular weight is 945 g/mol. The van der Waals surface area contributed by atoms with Crippen LogP contribution in [0.4, 0.5) is 0 Å². The number of ether oxygens (including phenoxy) is 8. The molecule has 18 atom stereocenters. The van der Waals surface area contributed by atoms with Gasteiger partial charge in [-0.25, -0.2) is 4.79 Å². The number of carbonyl (C=O) groups excluding carboxylic acids is 1. The van der Waals surface area contributed by atoms with Crippen molar-refractivity contribution in [3.05, 3.63) is 59.8 Å². The summed E-state index contributed by atoms with van der Waals surface area (Å²) in [7, 11) is 0. The van der Waals surface area contributed by atoms with E-state index in [1.807, 2.05) is 26.0 Å². The van der Waals surface area contributed by atoms with E-state index in [0.717, 1.165) is 44.3 Å². The molecule has 67 heavy (non-hydrogen) atoms. The number of allylic oxidation sites excluding steroid dienone is 2. The SMILES string of the molecule is C=C1C(O)C2OC3(CCC(C=CC(C)C4CC(C)=CC5(OC(CC(C)(O)C(=O)OCC(C)=CC=CC(O)CO)CCC5O)O4)O3)CCC2OC1C(O)CC(C)C1OC2(CCCCO2)CCC1C. The smallest absolute Gasteiger partial charge is 0.338 e. The zero-order chi connectivity index (χ0) is 48.3. The van der Waals surface area contributed by atoms with Gasteiger partial charge in [0.05, 0.1) is 55.9 Å². The topological polar surface area (TPSA) is 212 Å². The molecule has 7 aliphatic rings. The zero-order valence-electron chi connectivity index (χ0n) is 40.6. The highest BCUT2D eigenvalue weighted by atomic mass is 16.7. The monoisotopic (exact) mass is 945 g/mol. The Balaban J connectivity index is 0.895. The van der Waals surface area contributed by atoms with Gasteiger partial charge >= 0.3 is 5.97 Å². The highest BCUT2D eigenvalue weighted by Gasteiger charge is 2.55. The lowest BCUT2D eigenvalue weighted by Gasteiger charge is -2.50. The van der Waals surface area contributed by atoms with Gasteiger partial charge in [-0.15, -0.1) is 0 Å². The molecule has 0 aromatic carbocycles. The molecule has 378 valence electrons. The number of aliphatic hydroxyl groups is 6. The molecule has 0 radical (unpaired) electrons. The Morgan fingerprint density at radius 2 is 1.75 bits per heavy atom. The first-order chi connectivity index (χ1) is 31.8. The number of hydrogen-bond donors (Lipinski definition) is 6. The van der Waals surface area contributed by atoms with Gasteiger partial charge in [0, 0.05) is 38.0 Å². The Bertz CT molecular complexity index is 1820. The quantitative estimate of drug-likeness (QED) is 0.0678. The van der Waals surface area contributed by atoms with Crippen LogP contribution in [0.2, 0.25) is 0 Å². The van der Waals surface area contributed by atoms with Crippen molar-refractivity contribution in [3.63, 3.8) is 0 Å². The molecule has 3 spiro atoms. The second kappa shape index (κ2) is 22.0. The van der Waals surface area contributed by atoms with Crippen LogP contribution in [0.5, 0.6) is 0 Å². The van der Waals surface area contributed by atoms with E-state index in [0.29, 0.717) is 68.4 Å².